The van der Waals surface area contributed by atoms with E-state index in [1.54, 1.807) is 4.90 Å². The first-order valence-electron chi connectivity index (χ1n) is 24.7. The molecule has 0 bridgehead atoms. The van der Waals surface area contributed by atoms with E-state index in [0.29, 0.717) is 57.6 Å². The molecule has 7 rings (SSSR count). The van der Waals surface area contributed by atoms with Gasteiger partial charge in [0.05, 0.1) is 6.04 Å². The summed E-state index contributed by atoms with van der Waals surface area (Å²) in [6, 6.07) is 42.4. The van der Waals surface area contributed by atoms with Gasteiger partial charge in [0.15, 0.2) is 5.82 Å². The van der Waals surface area contributed by atoms with E-state index in [1.807, 2.05) is 75.4 Å². The van der Waals surface area contributed by atoms with Crippen molar-refractivity contribution < 1.29 is 33.4 Å². The zero-order valence-electron chi connectivity index (χ0n) is 41.0. The average molecular weight is 963 g/mol. The van der Waals surface area contributed by atoms with Gasteiger partial charge in [0, 0.05) is 38.5 Å². The molecule has 0 unspecified atom stereocenters. The zero-order valence-corrected chi connectivity index (χ0v) is 41.0. The third kappa shape index (κ3) is 15.7. The molecule has 0 spiro atoms. The summed E-state index contributed by atoms with van der Waals surface area (Å²) in [6.45, 7) is 7.48. The largest absolute Gasteiger partial charge is 0.449 e. The highest BCUT2D eigenvalue weighted by Crippen LogP contribution is 2.44. The molecule has 1 atom stereocenters. The SMILES string of the molecule is CC(C)(C)OC(=O)NCCCC[C@@H](c1nn[nH]n1)N(CCCNC(=O)OCC1c2ccccc2-c2ccccc21)C(=O)CCc1ccc(-c2ccc(CCCCNC(=O)OCc3ccccc3)cc2)cc1. The molecule has 71 heavy (non-hydrogen) atoms. The third-order valence-electron chi connectivity index (χ3n) is 12.4. The summed E-state index contributed by atoms with van der Waals surface area (Å²) < 4.78 is 16.5. The van der Waals surface area contributed by atoms with Crippen molar-refractivity contribution in [1.82, 2.24) is 41.5 Å². The van der Waals surface area contributed by atoms with Crippen molar-refractivity contribution in [2.45, 2.75) is 103 Å². The summed E-state index contributed by atoms with van der Waals surface area (Å²) in [5, 5.41) is 23.5. The van der Waals surface area contributed by atoms with Gasteiger partial charge in [0.2, 0.25) is 5.91 Å². The molecule has 6 aromatic rings. The minimum Gasteiger partial charge on any atom is -0.449 e. The summed E-state index contributed by atoms with van der Waals surface area (Å²) in [6.07, 6.45) is 4.32. The van der Waals surface area contributed by atoms with Crippen LogP contribution in [0.25, 0.3) is 22.3 Å². The number of H-pyrrole nitrogens is 1. The molecule has 15 heteroatoms. The fourth-order valence-corrected chi connectivity index (χ4v) is 8.79. The Morgan fingerprint density at radius 2 is 1.18 bits per heavy atom. The molecule has 4 N–H and O–H groups in total. The van der Waals surface area contributed by atoms with E-state index in [9.17, 15) is 19.2 Å². The van der Waals surface area contributed by atoms with Gasteiger partial charge in [0.25, 0.3) is 0 Å². The monoisotopic (exact) mass is 963 g/mol. The number of amides is 4. The van der Waals surface area contributed by atoms with E-state index < -0.39 is 29.9 Å². The van der Waals surface area contributed by atoms with Crippen LogP contribution in [-0.4, -0.2) is 88.1 Å². The highest BCUT2D eigenvalue weighted by molar-refractivity contribution is 5.79. The molecule has 0 radical (unpaired) electrons. The number of tetrazole rings is 1. The molecule has 372 valence electrons. The highest BCUT2D eigenvalue weighted by atomic mass is 16.6. The fraction of sp³-hybridized carbons (Fsp3) is 0.375. The molecule has 5 aromatic carbocycles. The number of alkyl carbamates (subject to hydrolysis) is 3. The summed E-state index contributed by atoms with van der Waals surface area (Å²) in [7, 11) is 0. The number of nitrogens with zero attached hydrogens (tertiary/aromatic N) is 4. The number of benzene rings is 5. The molecule has 4 amide bonds. The number of hydrogen-bond donors (Lipinski definition) is 4. The standard InChI is InChI=1S/C56H66N8O7/c1-56(2,3)71-55(68)59-35-14-12-23-50(52-60-62-63-61-52)64(37-15-36-58-54(67)70-39-49-47-21-9-7-19-45(47)46-20-8-10-22-48(46)49)51(65)33-28-41-26-31-44(32-27-41)43-29-24-40(25-30-43)16-11-13-34-57-53(66)69-38-42-17-5-4-6-18-42/h4-10,17-22,24-27,29-32,49-50H,11-16,23,28,33-39H2,1-3H3,(H,57,66)(H,58,67)(H,59,68)(H,60,61,62,63)/t50-/m0/s1. The zero-order chi connectivity index (χ0) is 49.8. The highest BCUT2D eigenvalue weighted by Gasteiger charge is 2.30. The van der Waals surface area contributed by atoms with E-state index in [4.69, 9.17) is 14.2 Å². The van der Waals surface area contributed by atoms with Gasteiger partial charge in [-0.3, -0.25) is 4.79 Å². The van der Waals surface area contributed by atoms with E-state index in [1.165, 1.54) is 5.56 Å². The number of aromatic nitrogens is 4. The Bertz CT molecular complexity index is 2570. The first kappa shape index (κ1) is 51.3. The lowest BCUT2D eigenvalue weighted by Crippen LogP contribution is -2.38. The molecular weight excluding hydrogens is 897 g/mol. The van der Waals surface area contributed by atoms with Crippen molar-refractivity contribution in [3.05, 3.63) is 161 Å². The van der Waals surface area contributed by atoms with Gasteiger partial charge in [-0.1, -0.05) is 133 Å². The predicted octanol–water partition coefficient (Wildman–Crippen LogP) is 10.2. The fourth-order valence-electron chi connectivity index (χ4n) is 8.79. The molecule has 0 aliphatic heterocycles. The van der Waals surface area contributed by atoms with Crippen molar-refractivity contribution in [3.63, 3.8) is 0 Å². The third-order valence-corrected chi connectivity index (χ3v) is 12.4. The number of unbranched alkanes of at least 4 members (excludes halogenated alkanes) is 2. The smallest absolute Gasteiger partial charge is 0.407 e. The molecule has 15 nitrogen and oxygen atoms in total. The van der Waals surface area contributed by atoms with Crippen LogP contribution in [0.1, 0.15) is 111 Å². The quantitative estimate of drug-likeness (QED) is 0.0336. The van der Waals surface area contributed by atoms with Crippen LogP contribution in [0.2, 0.25) is 0 Å². The maximum Gasteiger partial charge on any atom is 0.407 e. The summed E-state index contributed by atoms with van der Waals surface area (Å²) in [5.41, 5.74) is 9.37. The Morgan fingerprint density at radius 3 is 1.80 bits per heavy atom. The van der Waals surface area contributed by atoms with Crippen LogP contribution in [-0.2, 0) is 38.5 Å². The van der Waals surface area contributed by atoms with Crippen LogP contribution in [0.15, 0.2) is 127 Å². The van der Waals surface area contributed by atoms with Crippen LogP contribution < -0.4 is 16.0 Å². The van der Waals surface area contributed by atoms with Gasteiger partial charge in [-0.15, -0.1) is 10.2 Å². The van der Waals surface area contributed by atoms with Crippen LogP contribution in [0.4, 0.5) is 14.4 Å². The summed E-state index contributed by atoms with van der Waals surface area (Å²) in [4.78, 5) is 53.5. The number of carbonyl (C=O) groups is 4. The number of hydrogen-bond acceptors (Lipinski definition) is 10. The Kier molecular flexibility index (Phi) is 18.7. The van der Waals surface area contributed by atoms with Crippen LogP contribution in [0.5, 0.6) is 0 Å². The van der Waals surface area contributed by atoms with Crippen LogP contribution in [0.3, 0.4) is 0 Å². The van der Waals surface area contributed by atoms with Crippen molar-refractivity contribution >= 4 is 24.2 Å². The molecular formula is C56H66N8O7. The number of fused-ring (bicyclic) bond motifs is 3. The second kappa shape index (κ2) is 25.9. The van der Waals surface area contributed by atoms with Gasteiger partial charge >= 0.3 is 18.3 Å². The van der Waals surface area contributed by atoms with E-state index >= 15 is 0 Å². The second-order valence-electron chi connectivity index (χ2n) is 18.7. The number of ether oxygens (including phenoxy) is 3. The molecule has 1 aliphatic rings. The maximum atomic E-state index is 14.3. The molecule has 0 fully saturated rings. The van der Waals surface area contributed by atoms with E-state index in [-0.39, 0.29) is 38.0 Å². The van der Waals surface area contributed by atoms with Crippen molar-refractivity contribution in [3.8, 4) is 22.3 Å². The Balaban J connectivity index is 0.901. The summed E-state index contributed by atoms with van der Waals surface area (Å²) >= 11 is 0. The van der Waals surface area contributed by atoms with Gasteiger partial charge in [-0.2, -0.15) is 5.21 Å². The molecule has 1 aliphatic carbocycles. The number of rotatable bonds is 24. The first-order chi connectivity index (χ1) is 34.5. The molecule has 1 heterocycles. The van der Waals surface area contributed by atoms with E-state index in [2.05, 4.69) is 109 Å². The lowest BCUT2D eigenvalue weighted by Gasteiger charge is -2.30. The van der Waals surface area contributed by atoms with Gasteiger partial charge < -0.3 is 35.1 Å². The van der Waals surface area contributed by atoms with Crippen molar-refractivity contribution in [2.24, 2.45) is 0 Å². The molecule has 0 saturated carbocycles. The van der Waals surface area contributed by atoms with Crippen molar-refractivity contribution in [1.29, 1.82) is 0 Å². The number of carbonyl (C=O) groups excluding carboxylic acids is 4. The normalized spacial score (nSPS) is 12.3. The lowest BCUT2D eigenvalue weighted by atomic mass is 9.98. The van der Waals surface area contributed by atoms with Crippen LogP contribution >= 0.6 is 0 Å². The van der Waals surface area contributed by atoms with Gasteiger partial charge in [0.1, 0.15) is 18.8 Å². The Hall–Kier alpha value is -7.55. The van der Waals surface area contributed by atoms with Crippen LogP contribution in [0, 0.1) is 0 Å². The molecule has 1 aromatic heterocycles. The van der Waals surface area contributed by atoms with Gasteiger partial charge in [-0.25, -0.2) is 14.4 Å². The minimum atomic E-state index is -0.603. The number of aromatic amines is 1. The second-order valence-corrected chi connectivity index (χ2v) is 18.7. The number of aryl methyl sites for hydroxylation is 2. The molecule has 0 saturated heterocycles. The lowest BCUT2D eigenvalue weighted by molar-refractivity contribution is -0.134. The first-order valence-corrected chi connectivity index (χ1v) is 24.7. The maximum absolute atomic E-state index is 14.3. The minimum absolute atomic E-state index is 0.0540. The number of nitrogens with one attached hydrogen (secondary N) is 4. The predicted molar refractivity (Wildman–Crippen MR) is 272 cm³/mol. The Morgan fingerprint density at radius 1 is 0.620 bits per heavy atom. The van der Waals surface area contributed by atoms with Gasteiger partial charge in [-0.05, 0) is 122 Å². The van der Waals surface area contributed by atoms with E-state index in [0.717, 1.165) is 63.8 Å². The Labute approximate surface area is 416 Å². The summed E-state index contributed by atoms with van der Waals surface area (Å²) in [5.74, 6) is 0.264. The van der Waals surface area contributed by atoms with Crippen molar-refractivity contribution in [2.75, 3.05) is 32.8 Å². The average Bonchev–Trinajstić information content (AvgIpc) is 4.03. The topological polar surface area (TPSA) is 190 Å².